The number of piperidine rings is 2. The molecule has 0 bridgehead atoms. The molecule has 3 heterocycles. The van der Waals surface area contributed by atoms with E-state index in [1.807, 2.05) is 42.6 Å². The summed E-state index contributed by atoms with van der Waals surface area (Å²) >= 11 is 0. The lowest BCUT2D eigenvalue weighted by atomic mass is 10.1. The standard InChI is InChI=1S/C21H28N6/c1-4-10-18(11-5-1)17-22-25-19-16-20(26-12-6-2-7-13-26)24-21(23-19)27-14-8-3-9-15-27/h1,4-5,10-11,16-17H,2-3,6-9,12-15H2,(H,23,24,25)/b22-17-. The molecule has 2 aliphatic heterocycles. The number of nitrogens with zero attached hydrogens (tertiary/aromatic N) is 5. The first-order chi connectivity index (χ1) is 13.4. The summed E-state index contributed by atoms with van der Waals surface area (Å²) in [5.74, 6) is 2.61. The van der Waals surface area contributed by atoms with Gasteiger partial charge in [-0.2, -0.15) is 15.1 Å². The van der Waals surface area contributed by atoms with Gasteiger partial charge in [-0.1, -0.05) is 30.3 Å². The van der Waals surface area contributed by atoms with Crippen molar-refractivity contribution in [2.75, 3.05) is 41.4 Å². The molecule has 2 aromatic rings. The fourth-order valence-corrected chi connectivity index (χ4v) is 3.71. The van der Waals surface area contributed by atoms with Crippen LogP contribution in [0.1, 0.15) is 44.1 Å². The quantitative estimate of drug-likeness (QED) is 0.644. The first-order valence-corrected chi connectivity index (χ1v) is 10.1. The number of hydrazone groups is 1. The van der Waals surface area contributed by atoms with Crippen LogP contribution in [0.15, 0.2) is 41.5 Å². The zero-order valence-electron chi connectivity index (χ0n) is 15.8. The van der Waals surface area contributed by atoms with Crippen LogP contribution in [-0.2, 0) is 0 Å². The van der Waals surface area contributed by atoms with Crippen LogP contribution in [0.3, 0.4) is 0 Å². The van der Waals surface area contributed by atoms with Gasteiger partial charge in [-0.25, -0.2) is 0 Å². The van der Waals surface area contributed by atoms with Gasteiger partial charge in [0.1, 0.15) is 5.82 Å². The van der Waals surface area contributed by atoms with Crippen molar-refractivity contribution in [3.05, 3.63) is 42.0 Å². The zero-order chi connectivity index (χ0) is 18.3. The van der Waals surface area contributed by atoms with Crippen molar-refractivity contribution in [3.63, 3.8) is 0 Å². The fourth-order valence-electron chi connectivity index (χ4n) is 3.71. The Kier molecular flexibility index (Phi) is 5.82. The lowest BCUT2D eigenvalue weighted by Gasteiger charge is -2.31. The summed E-state index contributed by atoms with van der Waals surface area (Å²) in [4.78, 5) is 14.3. The molecule has 0 unspecified atom stereocenters. The average Bonchev–Trinajstić information content (AvgIpc) is 2.76. The van der Waals surface area contributed by atoms with Gasteiger partial charge in [0.2, 0.25) is 5.95 Å². The summed E-state index contributed by atoms with van der Waals surface area (Å²) in [5, 5.41) is 4.38. The maximum atomic E-state index is 4.90. The third-order valence-corrected chi connectivity index (χ3v) is 5.21. The third-order valence-electron chi connectivity index (χ3n) is 5.21. The van der Waals surface area contributed by atoms with Crippen LogP contribution in [0, 0.1) is 0 Å². The van der Waals surface area contributed by atoms with Crippen LogP contribution in [0.2, 0.25) is 0 Å². The fraction of sp³-hybridized carbons (Fsp3) is 0.476. The van der Waals surface area contributed by atoms with Crippen molar-refractivity contribution < 1.29 is 0 Å². The highest BCUT2D eigenvalue weighted by Gasteiger charge is 2.19. The van der Waals surface area contributed by atoms with Crippen molar-refractivity contribution >= 4 is 23.8 Å². The van der Waals surface area contributed by atoms with Gasteiger partial charge >= 0.3 is 0 Å². The van der Waals surface area contributed by atoms with Gasteiger partial charge in [0, 0.05) is 32.2 Å². The van der Waals surface area contributed by atoms with Gasteiger partial charge in [-0.15, -0.1) is 0 Å². The summed E-state index contributed by atoms with van der Waals surface area (Å²) in [7, 11) is 0. The molecule has 0 aliphatic carbocycles. The topological polar surface area (TPSA) is 56.7 Å². The Labute approximate surface area is 161 Å². The van der Waals surface area contributed by atoms with Crippen molar-refractivity contribution in [1.82, 2.24) is 9.97 Å². The van der Waals surface area contributed by atoms with Gasteiger partial charge in [-0.3, -0.25) is 5.43 Å². The number of anilines is 3. The predicted octanol–water partition coefficient (Wildman–Crippen LogP) is 3.90. The molecule has 2 aliphatic rings. The van der Waals surface area contributed by atoms with Crippen LogP contribution in [0.25, 0.3) is 0 Å². The summed E-state index contributed by atoms with van der Waals surface area (Å²) in [6, 6.07) is 12.1. The minimum absolute atomic E-state index is 0.762. The number of hydrogen-bond donors (Lipinski definition) is 1. The molecule has 6 nitrogen and oxygen atoms in total. The second-order valence-corrected chi connectivity index (χ2v) is 7.29. The van der Waals surface area contributed by atoms with E-state index in [0.717, 1.165) is 49.3 Å². The van der Waals surface area contributed by atoms with E-state index >= 15 is 0 Å². The minimum atomic E-state index is 0.762. The maximum Gasteiger partial charge on any atom is 0.229 e. The van der Waals surface area contributed by atoms with Gasteiger partial charge < -0.3 is 9.80 Å². The molecule has 0 spiro atoms. The van der Waals surface area contributed by atoms with Gasteiger partial charge in [-0.05, 0) is 44.1 Å². The number of aromatic nitrogens is 2. The smallest absolute Gasteiger partial charge is 0.229 e. The summed E-state index contributed by atoms with van der Waals surface area (Å²) in [6.45, 7) is 4.22. The summed E-state index contributed by atoms with van der Waals surface area (Å²) in [5.41, 5.74) is 4.18. The van der Waals surface area contributed by atoms with E-state index in [1.165, 1.54) is 38.5 Å². The number of benzene rings is 1. The van der Waals surface area contributed by atoms with Gasteiger partial charge in [0.05, 0.1) is 6.21 Å². The largest absolute Gasteiger partial charge is 0.356 e. The Bertz CT molecular complexity index is 712. The summed E-state index contributed by atoms with van der Waals surface area (Å²) in [6.07, 6.45) is 9.33. The van der Waals surface area contributed by atoms with Crippen LogP contribution >= 0.6 is 0 Å². The van der Waals surface area contributed by atoms with Crippen LogP contribution in [-0.4, -0.2) is 42.4 Å². The molecule has 1 aromatic carbocycles. The molecule has 1 aromatic heterocycles. The lowest BCUT2D eigenvalue weighted by Crippen LogP contribution is -2.33. The summed E-state index contributed by atoms with van der Waals surface area (Å²) < 4.78 is 0. The van der Waals surface area contributed by atoms with Crippen LogP contribution < -0.4 is 15.2 Å². The van der Waals surface area contributed by atoms with E-state index in [9.17, 15) is 0 Å². The maximum absolute atomic E-state index is 4.90. The van der Waals surface area contributed by atoms with Crippen molar-refractivity contribution in [2.45, 2.75) is 38.5 Å². The lowest BCUT2D eigenvalue weighted by molar-refractivity contribution is 0.561. The number of rotatable bonds is 5. The highest BCUT2D eigenvalue weighted by Crippen LogP contribution is 2.25. The molecular weight excluding hydrogens is 336 g/mol. The van der Waals surface area contributed by atoms with E-state index in [2.05, 4.69) is 20.3 Å². The Morgan fingerprint density at radius 2 is 1.48 bits per heavy atom. The molecular formula is C21H28N6. The molecule has 0 saturated carbocycles. The highest BCUT2D eigenvalue weighted by atomic mass is 15.4. The predicted molar refractivity (Wildman–Crippen MR) is 112 cm³/mol. The van der Waals surface area contributed by atoms with E-state index < -0.39 is 0 Å². The Balaban J connectivity index is 1.55. The monoisotopic (exact) mass is 364 g/mol. The molecule has 142 valence electrons. The minimum Gasteiger partial charge on any atom is -0.356 e. The Morgan fingerprint density at radius 1 is 0.815 bits per heavy atom. The zero-order valence-corrected chi connectivity index (χ0v) is 15.8. The molecule has 0 amide bonds. The van der Waals surface area contributed by atoms with Crippen LogP contribution in [0.4, 0.5) is 17.6 Å². The third kappa shape index (κ3) is 4.76. The second-order valence-electron chi connectivity index (χ2n) is 7.29. The molecule has 27 heavy (non-hydrogen) atoms. The van der Waals surface area contributed by atoms with Crippen molar-refractivity contribution in [1.29, 1.82) is 0 Å². The van der Waals surface area contributed by atoms with Gasteiger partial charge in [0.25, 0.3) is 0 Å². The molecule has 2 fully saturated rings. The normalized spacial score (nSPS) is 18.1. The Morgan fingerprint density at radius 3 is 2.19 bits per heavy atom. The van der Waals surface area contributed by atoms with Crippen molar-refractivity contribution in [2.24, 2.45) is 5.10 Å². The molecule has 1 N–H and O–H groups in total. The van der Waals surface area contributed by atoms with Crippen molar-refractivity contribution in [3.8, 4) is 0 Å². The SMILES string of the molecule is C(=N/Nc1cc(N2CCCCC2)nc(N2CCCCC2)n1)/c1ccccc1. The van der Waals surface area contributed by atoms with E-state index in [0.29, 0.717) is 0 Å². The van der Waals surface area contributed by atoms with Crippen LogP contribution in [0.5, 0.6) is 0 Å². The molecule has 0 atom stereocenters. The molecule has 4 rings (SSSR count). The number of hydrogen-bond acceptors (Lipinski definition) is 6. The molecule has 6 heteroatoms. The Hall–Kier alpha value is -2.63. The molecule has 2 saturated heterocycles. The number of nitrogens with one attached hydrogen (secondary N) is 1. The first kappa shape index (κ1) is 17.8. The highest BCUT2D eigenvalue weighted by molar-refractivity contribution is 5.80. The van der Waals surface area contributed by atoms with E-state index in [1.54, 1.807) is 0 Å². The first-order valence-electron chi connectivity index (χ1n) is 10.1. The second kappa shape index (κ2) is 8.84. The van der Waals surface area contributed by atoms with E-state index in [4.69, 9.17) is 9.97 Å². The molecule has 0 radical (unpaired) electrons. The van der Waals surface area contributed by atoms with E-state index in [-0.39, 0.29) is 0 Å². The van der Waals surface area contributed by atoms with Gasteiger partial charge in [0.15, 0.2) is 5.82 Å². The average molecular weight is 364 g/mol.